The van der Waals surface area contributed by atoms with Crippen LogP contribution < -0.4 is 10.1 Å². The Kier molecular flexibility index (Phi) is 5.52. The van der Waals surface area contributed by atoms with Gasteiger partial charge in [0.25, 0.3) is 0 Å². The van der Waals surface area contributed by atoms with E-state index in [-0.39, 0.29) is 0 Å². The molecule has 1 N–H and O–H groups in total. The fourth-order valence-electron chi connectivity index (χ4n) is 2.57. The summed E-state index contributed by atoms with van der Waals surface area (Å²) in [7, 11) is 1.31. The SMILES string of the molecule is COC(=O)c1ccc(OC(=O)c2ccccc2Nc2ccccc2C)cc1. The van der Waals surface area contributed by atoms with Crippen molar-refractivity contribution in [3.8, 4) is 5.75 Å². The van der Waals surface area contributed by atoms with Crippen LogP contribution in [0, 0.1) is 6.92 Å². The fourth-order valence-corrected chi connectivity index (χ4v) is 2.57. The van der Waals surface area contributed by atoms with Gasteiger partial charge in [-0.2, -0.15) is 0 Å². The highest BCUT2D eigenvalue weighted by molar-refractivity contribution is 5.98. The Morgan fingerprint density at radius 1 is 0.778 bits per heavy atom. The number of nitrogens with one attached hydrogen (secondary N) is 1. The molecule has 3 aromatic carbocycles. The minimum absolute atomic E-state index is 0.346. The van der Waals surface area contributed by atoms with Gasteiger partial charge in [-0.1, -0.05) is 30.3 Å². The van der Waals surface area contributed by atoms with Crippen LogP contribution in [0.4, 0.5) is 11.4 Å². The van der Waals surface area contributed by atoms with Crippen LogP contribution in [0.5, 0.6) is 5.75 Å². The lowest BCUT2D eigenvalue weighted by molar-refractivity contribution is 0.0600. The number of ether oxygens (including phenoxy) is 2. The molecule has 0 aliphatic carbocycles. The largest absolute Gasteiger partial charge is 0.465 e. The predicted octanol–water partition coefficient (Wildman–Crippen LogP) is 4.74. The smallest absolute Gasteiger partial charge is 0.345 e. The highest BCUT2D eigenvalue weighted by atomic mass is 16.5. The van der Waals surface area contributed by atoms with Crippen LogP contribution in [0.1, 0.15) is 26.3 Å². The number of anilines is 2. The molecule has 0 aliphatic rings. The van der Waals surface area contributed by atoms with E-state index in [1.807, 2.05) is 43.3 Å². The molecular formula is C22H19NO4. The molecule has 0 fully saturated rings. The number of hydrogen-bond donors (Lipinski definition) is 1. The first-order valence-electron chi connectivity index (χ1n) is 8.40. The lowest BCUT2D eigenvalue weighted by atomic mass is 10.1. The Labute approximate surface area is 157 Å². The summed E-state index contributed by atoms with van der Waals surface area (Å²) in [4.78, 5) is 24.1. The molecule has 0 radical (unpaired) electrons. The molecule has 0 heterocycles. The van der Waals surface area contributed by atoms with E-state index in [4.69, 9.17) is 4.74 Å². The number of carbonyl (C=O) groups is 2. The zero-order valence-corrected chi connectivity index (χ0v) is 15.1. The zero-order valence-electron chi connectivity index (χ0n) is 15.1. The predicted molar refractivity (Wildman–Crippen MR) is 104 cm³/mol. The van der Waals surface area contributed by atoms with Gasteiger partial charge in [0, 0.05) is 5.69 Å². The van der Waals surface area contributed by atoms with Gasteiger partial charge < -0.3 is 14.8 Å². The molecule has 3 aromatic rings. The maximum atomic E-state index is 12.6. The van der Waals surface area contributed by atoms with E-state index in [0.717, 1.165) is 11.3 Å². The van der Waals surface area contributed by atoms with Crippen LogP contribution >= 0.6 is 0 Å². The van der Waals surface area contributed by atoms with E-state index >= 15 is 0 Å². The lowest BCUT2D eigenvalue weighted by Gasteiger charge is -2.13. The molecule has 0 atom stereocenters. The average molecular weight is 361 g/mol. The van der Waals surface area contributed by atoms with Gasteiger partial charge >= 0.3 is 11.9 Å². The van der Waals surface area contributed by atoms with Crippen molar-refractivity contribution in [3.63, 3.8) is 0 Å². The fraction of sp³-hybridized carbons (Fsp3) is 0.0909. The highest BCUT2D eigenvalue weighted by Gasteiger charge is 2.14. The van der Waals surface area contributed by atoms with E-state index in [2.05, 4.69) is 10.1 Å². The van der Waals surface area contributed by atoms with Crippen molar-refractivity contribution in [2.75, 3.05) is 12.4 Å². The van der Waals surface area contributed by atoms with Gasteiger partial charge in [0.05, 0.1) is 23.9 Å². The van der Waals surface area contributed by atoms with Crippen molar-refractivity contribution in [1.82, 2.24) is 0 Å². The second-order valence-corrected chi connectivity index (χ2v) is 5.89. The van der Waals surface area contributed by atoms with Crippen LogP contribution in [0.15, 0.2) is 72.8 Å². The van der Waals surface area contributed by atoms with E-state index < -0.39 is 11.9 Å². The second kappa shape index (κ2) is 8.19. The molecule has 0 unspecified atom stereocenters. The third-order valence-electron chi connectivity index (χ3n) is 4.05. The number of benzene rings is 3. The second-order valence-electron chi connectivity index (χ2n) is 5.89. The van der Waals surface area contributed by atoms with E-state index in [1.54, 1.807) is 36.4 Å². The first-order chi connectivity index (χ1) is 13.1. The van der Waals surface area contributed by atoms with Crippen molar-refractivity contribution < 1.29 is 19.1 Å². The van der Waals surface area contributed by atoms with Gasteiger partial charge in [-0.25, -0.2) is 9.59 Å². The molecule has 0 aliphatic heterocycles. The zero-order chi connectivity index (χ0) is 19.2. The van der Waals surface area contributed by atoms with Crippen LogP contribution in [0.2, 0.25) is 0 Å². The van der Waals surface area contributed by atoms with Gasteiger partial charge in [0.1, 0.15) is 5.75 Å². The average Bonchev–Trinajstić information content (AvgIpc) is 2.70. The highest BCUT2D eigenvalue weighted by Crippen LogP contribution is 2.24. The van der Waals surface area contributed by atoms with Gasteiger partial charge in [-0.15, -0.1) is 0 Å². The normalized spacial score (nSPS) is 10.1. The summed E-state index contributed by atoms with van der Waals surface area (Å²) in [5, 5.41) is 3.28. The Hall–Kier alpha value is -3.60. The molecule has 5 nitrogen and oxygen atoms in total. The maximum absolute atomic E-state index is 12.6. The first kappa shape index (κ1) is 18.2. The number of esters is 2. The molecule has 27 heavy (non-hydrogen) atoms. The summed E-state index contributed by atoms with van der Waals surface area (Å²) in [6, 6.07) is 21.2. The van der Waals surface area contributed by atoms with Crippen molar-refractivity contribution in [3.05, 3.63) is 89.5 Å². The van der Waals surface area contributed by atoms with E-state index in [9.17, 15) is 9.59 Å². The summed E-state index contributed by atoms with van der Waals surface area (Å²) >= 11 is 0. The number of rotatable bonds is 5. The molecule has 0 saturated heterocycles. The first-order valence-corrected chi connectivity index (χ1v) is 8.40. The summed E-state index contributed by atoms with van der Waals surface area (Å²) < 4.78 is 10.1. The number of para-hydroxylation sites is 2. The molecule has 0 spiro atoms. The monoisotopic (exact) mass is 361 g/mol. The van der Waals surface area contributed by atoms with Crippen LogP contribution in [0.3, 0.4) is 0 Å². The molecular weight excluding hydrogens is 342 g/mol. The summed E-state index contributed by atoms with van der Waals surface area (Å²) in [5.41, 5.74) is 3.44. The Bertz CT molecular complexity index is 964. The lowest BCUT2D eigenvalue weighted by Crippen LogP contribution is -2.11. The third-order valence-corrected chi connectivity index (χ3v) is 4.05. The number of carbonyl (C=O) groups excluding carboxylic acids is 2. The van der Waals surface area contributed by atoms with Crippen LogP contribution in [0.25, 0.3) is 0 Å². The number of hydrogen-bond acceptors (Lipinski definition) is 5. The molecule has 0 bridgehead atoms. The van der Waals surface area contributed by atoms with Crippen molar-refractivity contribution in [2.45, 2.75) is 6.92 Å². The standard InChI is InChI=1S/C22H19NO4/c1-15-7-3-5-9-19(15)23-20-10-6-4-8-18(20)22(25)27-17-13-11-16(12-14-17)21(24)26-2/h3-14,23H,1-2H3. The number of methoxy groups -OCH3 is 1. The quantitative estimate of drug-likeness (QED) is 0.525. The van der Waals surface area contributed by atoms with Gasteiger partial charge in [0.2, 0.25) is 0 Å². The van der Waals surface area contributed by atoms with Gasteiger partial charge in [-0.3, -0.25) is 0 Å². The minimum atomic E-state index is -0.488. The number of aryl methyl sites for hydroxylation is 1. The Morgan fingerprint density at radius 2 is 1.41 bits per heavy atom. The summed E-state index contributed by atoms with van der Waals surface area (Å²) in [6.45, 7) is 1.99. The Balaban J connectivity index is 1.79. The molecule has 0 aromatic heterocycles. The molecule has 5 heteroatoms. The molecule has 0 amide bonds. The maximum Gasteiger partial charge on any atom is 0.345 e. The summed E-state index contributed by atoms with van der Waals surface area (Å²) in [5.74, 6) is -0.587. The van der Waals surface area contributed by atoms with E-state index in [1.165, 1.54) is 7.11 Å². The van der Waals surface area contributed by atoms with Gasteiger partial charge in [-0.05, 0) is 55.0 Å². The Morgan fingerprint density at radius 3 is 2.07 bits per heavy atom. The molecule has 136 valence electrons. The van der Waals surface area contributed by atoms with E-state index in [0.29, 0.717) is 22.6 Å². The third kappa shape index (κ3) is 4.33. The van der Waals surface area contributed by atoms with Crippen LogP contribution in [-0.2, 0) is 4.74 Å². The molecule has 3 rings (SSSR count). The van der Waals surface area contributed by atoms with Crippen molar-refractivity contribution in [2.24, 2.45) is 0 Å². The topological polar surface area (TPSA) is 64.6 Å². The van der Waals surface area contributed by atoms with Crippen LogP contribution in [-0.4, -0.2) is 19.0 Å². The van der Waals surface area contributed by atoms with Gasteiger partial charge in [0.15, 0.2) is 0 Å². The molecule has 0 saturated carbocycles. The minimum Gasteiger partial charge on any atom is -0.465 e. The van der Waals surface area contributed by atoms with Crippen molar-refractivity contribution >= 4 is 23.3 Å². The summed E-state index contributed by atoms with van der Waals surface area (Å²) in [6.07, 6.45) is 0. The van der Waals surface area contributed by atoms with Crippen molar-refractivity contribution in [1.29, 1.82) is 0 Å².